The van der Waals surface area contributed by atoms with Gasteiger partial charge in [-0.25, -0.2) is 0 Å². The van der Waals surface area contributed by atoms with Crippen molar-refractivity contribution in [3.63, 3.8) is 0 Å². The van der Waals surface area contributed by atoms with Crippen LogP contribution in [0.4, 0.5) is 0 Å². The first-order chi connectivity index (χ1) is 7.41. The Morgan fingerprint density at radius 1 is 1.12 bits per heavy atom. The van der Waals surface area contributed by atoms with Crippen LogP contribution in [0.1, 0.15) is 11.1 Å². The number of hydrogen-bond donors (Lipinski definition) is 2. The van der Waals surface area contributed by atoms with Crippen LogP contribution in [0.2, 0.25) is 0 Å². The highest BCUT2D eigenvalue weighted by atomic mass is 32.2. The lowest BCUT2D eigenvalue weighted by Gasteiger charge is -2.10. The van der Waals surface area contributed by atoms with E-state index in [1.165, 1.54) is 0 Å². The van der Waals surface area contributed by atoms with Gasteiger partial charge in [0.15, 0.2) is 0 Å². The Balaban J connectivity index is 0.00000144. The summed E-state index contributed by atoms with van der Waals surface area (Å²) in [4.78, 5) is 0.0168. The molecule has 0 aliphatic carbocycles. The van der Waals surface area contributed by atoms with Crippen molar-refractivity contribution in [3.8, 4) is 0 Å². The predicted octanol–water partition coefficient (Wildman–Crippen LogP) is 2.87. The Hall–Kier alpha value is -1.43. The maximum atomic E-state index is 11.4. The number of benzene rings is 2. The molecule has 2 aromatic rings. The quantitative estimate of drug-likeness (QED) is 0.765. The van der Waals surface area contributed by atoms with Gasteiger partial charge >= 0.3 is 0 Å². The minimum Gasteiger partial charge on any atom is -0.344 e. The van der Waals surface area contributed by atoms with Crippen LogP contribution in [0.25, 0.3) is 10.8 Å². The van der Waals surface area contributed by atoms with Crippen LogP contribution in [0, 0.1) is 13.8 Å². The molecule has 0 saturated carbocycles. The summed E-state index contributed by atoms with van der Waals surface area (Å²) >= 11 is 0. The van der Waals surface area contributed by atoms with Gasteiger partial charge in [-0.2, -0.15) is 8.42 Å². The molecule has 92 valence electrons. The van der Waals surface area contributed by atoms with Crippen LogP contribution in [0.15, 0.2) is 35.2 Å². The lowest BCUT2D eigenvalue weighted by molar-refractivity contribution is 0.483. The highest BCUT2D eigenvalue weighted by Crippen LogP contribution is 2.28. The van der Waals surface area contributed by atoms with Crippen LogP contribution in [-0.2, 0) is 10.1 Å². The Kier molecular flexibility index (Phi) is 3.56. The second-order valence-electron chi connectivity index (χ2n) is 3.84. The number of hydrogen-bond acceptors (Lipinski definition) is 3. The standard InChI is InChI=1S/C12H12O3S.H3N/c1-8-7-10-5-3-4-6-11(10)12(9(8)2)16(13,14)15;/h3-7H,1-2H3,(H,13,14,15);1H3. The Morgan fingerprint density at radius 3 is 2.29 bits per heavy atom. The van der Waals surface area contributed by atoms with Gasteiger partial charge in [-0.15, -0.1) is 0 Å². The van der Waals surface area contributed by atoms with Crippen LogP contribution in [0.3, 0.4) is 0 Å². The molecule has 0 fully saturated rings. The van der Waals surface area contributed by atoms with Gasteiger partial charge in [0, 0.05) is 5.39 Å². The molecule has 4 N–H and O–H groups in total. The molecule has 0 aromatic heterocycles. The SMILES string of the molecule is Cc1cc2ccccc2c(S(=O)(=O)O)c1C.N. The van der Waals surface area contributed by atoms with E-state index >= 15 is 0 Å². The molecule has 2 aromatic carbocycles. The van der Waals surface area contributed by atoms with Crippen LogP contribution in [0.5, 0.6) is 0 Å². The molecule has 0 unspecified atom stereocenters. The molecule has 0 atom stereocenters. The maximum absolute atomic E-state index is 11.4. The van der Waals surface area contributed by atoms with Gasteiger partial charge < -0.3 is 6.15 Å². The van der Waals surface area contributed by atoms with Crippen molar-refractivity contribution in [2.45, 2.75) is 18.7 Å². The third-order valence-corrected chi connectivity index (χ3v) is 3.81. The smallest absolute Gasteiger partial charge is 0.295 e. The molecule has 0 radical (unpaired) electrons. The molecule has 0 saturated heterocycles. The first kappa shape index (κ1) is 13.6. The van der Waals surface area contributed by atoms with E-state index in [1.807, 2.05) is 25.1 Å². The molecule has 17 heavy (non-hydrogen) atoms. The molecule has 0 aliphatic heterocycles. The molecular weight excluding hydrogens is 238 g/mol. The molecular formula is C12H15NO3S. The van der Waals surface area contributed by atoms with E-state index in [4.69, 9.17) is 0 Å². The summed E-state index contributed by atoms with van der Waals surface area (Å²) in [5, 5.41) is 1.38. The van der Waals surface area contributed by atoms with Gasteiger partial charge in [0.25, 0.3) is 10.1 Å². The lowest BCUT2D eigenvalue weighted by Crippen LogP contribution is -2.03. The zero-order valence-electron chi connectivity index (χ0n) is 9.77. The summed E-state index contributed by atoms with van der Waals surface area (Å²) in [5.74, 6) is 0. The topological polar surface area (TPSA) is 89.4 Å². The van der Waals surface area contributed by atoms with E-state index < -0.39 is 10.1 Å². The predicted molar refractivity (Wildman–Crippen MR) is 68.3 cm³/mol. The lowest BCUT2D eigenvalue weighted by atomic mass is 10.0. The first-order valence-electron chi connectivity index (χ1n) is 4.87. The van der Waals surface area contributed by atoms with Gasteiger partial charge in [0.2, 0.25) is 0 Å². The highest BCUT2D eigenvalue weighted by molar-refractivity contribution is 7.86. The average Bonchev–Trinajstić information content (AvgIpc) is 2.17. The first-order valence-corrected chi connectivity index (χ1v) is 6.31. The van der Waals surface area contributed by atoms with Crippen molar-refractivity contribution < 1.29 is 13.0 Å². The van der Waals surface area contributed by atoms with E-state index in [1.54, 1.807) is 19.1 Å². The van der Waals surface area contributed by atoms with Gasteiger partial charge in [0.05, 0.1) is 0 Å². The van der Waals surface area contributed by atoms with E-state index in [9.17, 15) is 13.0 Å². The molecule has 0 heterocycles. The van der Waals surface area contributed by atoms with Gasteiger partial charge in [-0.1, -0.05) is 30.3 Å². The Bertz CT molecular complexity index is 663. The molecule has 0 spiro atoms. The second-order valence-corrected chi connectivity index (χ2v) is 5.20. The highest BCUT2D eigenvalue weighted by Gasteiger charge is 2.18. The molecule has 0 amide bonds. The second kappa shape index (κ2) is 4.44. The fraction of sp³-hybridized carbons (Fsp3) is 0.167. The number of rotatable bonds is 1. The fourth-order valence-electron chi connectivity index (χ4n) is 1.88. The fourth-order valence-corrected chi connectivity index (χ4v) is 2.90. The van der Waals surface area contributed by atoms with Gasteiger partial charge in [-0.05, 0) is 30.4 Å². The minimum atomic E-state index is -4.18. The van der Waals surface area contributed by atoms with E-state index in [0.717, 1.165) is 10.9 Å². The van der Waals surface area contributed by atoms with Gasteiger partial charge in [-0.3, -0.25) is 4.55 Å². The zero-order valence-corrected chi connectivity index (χ0v) is 10.6. The third kappa shape index (κ3) is 2.31. The van der Waals surface area contributed by atoms with Crippen molar-refractivity contribution in [1.82, 2.24) is 6.15 Å². The summed E-state index contributed by atoms with van der Waals surface area (Å²) < 4.78 is 32.0. The number of aryl methyl sites for hydroxylation is 1. The summed E-state index contributed by atoms with van der Waals surface area (Å²) in [6, 6.07) is 9.04. The molecule has 4 nitrogen and oxygen atoms in total. The monoisotopic (exact) mass is 253 g/mol. The normalized spacial score (nSPS) is 11.2. The van der Waals surface area contributed by atoms with E-state index in [2.05, 4.69) is 0 Å². The molecule has 0 bridgehead atoms. The van der Waals surface area contributed by atoms with E-state index in [-0.39, 0.29) is 11.0 Å². The van der Waals surface area contributed by atoms with Crippen molar-refractivity contribution >= 4 is 20.9 Å². The largest absolute Gasteiger partial charge is 0.344 e. The van der Waals surface area contributed by atoms with Crippen molar-refractivity contribution in [3.05, 3.63) is 41.5 Å². The van der Waals surface area contributed by atoms with E-state index in [0.29, 0.717) is 10.9 Å². The summed E-state index contributed by atoms with van der Waals surface area (Å²) in [6.45, 7) is 3.53. The van der Waals surface area contributed by atoms with Crippen LogP contribution < -0.4 is 6.15 Å². The Labute approximate surface area is 101 Å². The van der Waals surface area contributed by atoms with Crippen molar-refractivity contribution in [2.24, 2.45) is 0 Å². The number of fused-ring (bicyclic) bond motifs is 1. The molecule has 0 aliphatic rings. The average molecular weight is 253 g/mol. The van der Waals surface area contributed by atoms with Crippen molar-refractivity contribution in [1.29, 1.82) is 0 Å². The van der Waals surface area contributed by atoms with Crippen molar-refractivity contribution in [2.75, 3.05) is 0 Å². The maximum Gasteiger partial charge on any atom is 0.295 e. The summed E-state index contributed by atoms with van der Waals surface area (Å²) in [5.41, 5.74) is 1.45. The third-order valence-electron chi connectivity index (χ3n) is 2.77. The molecule has 5 heteroatoms. The van der Waals surface area contributed by atoms with Crippen LogP contribution >= 0.6 is 0 Å². The zero-order chi connectivity index (χ0) is 11.9. The summed E-state index contributed by atoms with van der Waals surface area (Å²) in [6.07, 6.45) is 0. The van der Waals surface area contributed by atoms with Crippen LogP contribution in [-0.4, -0.2) is 13.0 Å². The minimum absolute atomic E-state index is 0. The Morgan fingerprint density at radius 2 is 1.71 bits per heavy atom. The molecule has 2 rings (SSSR count). The summed E-state index contributed by atoms with van der Waals surface area (Å²) in [7, 11) is -4.18. The van der Waals surface area contributed by atoms with Gasteiger partial charge in [0.1, 0.15) is 4.90 Å².